The average Bonchev–Trinajstić information content (AvgIpc) is 2.38. The van der Waals surface area contributed by atoms with Gasteiger partial charge < -0.3 is 5.11 Å². The van der Waals surface area contributed by atoms with Crippen LogP contribution in [0.5, 0.6) is 0 Å². The van der Waals surface area contributed by atoms with E-state index in [1.165, 1.54) is 29.2 Å². The second kappa shape index (κ2) is 6.69. The van der Waals surface area contributed by atoms with Crippen molar-refractivity contribution in [2.45, 2.75) is 24.5 Å². The predicted molar refractivity (Wildman–Crippen MR) is 75.1 cm³/mol. The molecule has 1 rings (SSSR count). The number of rotatable bonds is 6. The predicted octanol–water partition coefficient (Wildman–Crippen LogP) is 1.69. The van der Waals surface area contributed by atoms with Gasteiger partial charge in [0.15, 0.2) is 0 Å². The van der Waals surface area contributed by atoms with Gasteiger partial charge in [0.2, 0.25) is 10.0 Å². The molecule has 0 aliphatic heterocycles. The maximum absolute atomic E-state index is 13.3. The van der Waals surface area contributed by atoms with Crippen molar-refractivity contribution in [3.63, 3.8) is 0 Å². The van der Waals surface area contributed by atoms with Gasteiger partial charge in [-0.05, 0) is 30.9 Å². The quantitative estimate of drug-likeness (QED) is 0.869. The lowest BCUT2D eigenvalue weighted by molar-refractivity contribution is 0.277. The summed E-state index contributed by atoms with van der Waals surface area (Å²) < 4.78 is 39.3. The van der Waals surface area contributed by atoms with E-state index in [4.69, 9.17) is 0 Å². The van der Waals surface area contributed by atoms with Gasteiger partial charge >= 0.3 is 0 Å². The van der Waals surface area contributed by atoms with Crippen LogP contribution in [0.1, 0.15) is 12.5 Å². The molecular weight excluding hydrogens is 289 g/mol. The molecule has 7 heteroatoms. The van der Waals surface area contributed by atoms with Gasteiger partial charge in [-0.15, -0.1) is 0 Å². The van der Waals surface area contributed by atoms with Gasteiger partial charge in [0, 0.05) is 18.8 Å². The smallest absolute Gasteiger partial charge is 0.243 e. The third kappa shape index (κ3) is 3.68. The fourth-order valence-electron chi connectivity index (χ4n) is 1.64. The number of nitrogens with zero attached hydrogens (tertiary/aromatic N) is 1. The third-order valence-corrected chi connectivity index (χ3v) is 5.75. The van der Waals surface area contributed by atoms with Crippen molar-refractivity contribution in [2.75, 3.05) is 19.1 Å². The van der Waals surface area contributed by atoms with E-state index in [1.807, 2.05) is 6.26 Å². The Hall–Kier alpha value is -0.630. The summed E-state index contributed by atoms with van der Waals surface area (Å²) in [5.74, 6) is 0.00108. The largest absolute Gasteiger partial charge is 0.392 e. The highest BCUT2D eigenvalue weighted by Gasteiger charge is 2.27. The van der Waals surface area contributed by atoms with Gasteiger partial charge in [0.1, 0.15) is 5.82 Å². The van der Waals surface area contributed by atoms with Crippen LogP contribution in [0, 0.1) is 5.82 Å². The lowest BCUT2D eigenvalue weighted by atomic mass is 10.2. The fourth-order valence-corrected chi connectivity index (χ4v) is 4.02. The summed E-state index contributed by atoms with van der Waals surface area (Å²) in [6, 6.07) is 3.16. The van der Waals surface area contributed by atoms with Crippen LogP contribution in [0.4, 0.5) is 4.39 Å². The minimum absolute atomic E-state index is 0.176. The molecule has 0 amide bonds. The normalized spacial score (nSPS) is 13.8. The molecule has 1 aromatic carbocycles. The van der Waals surface area contributed by atoms with Crippen molar-refractivity contribution >= 4 is 21.8 Å². The van der Waals surface area contributed by atoms with Gasteiger partial charge in [0.05, 0.1) is 11.5 Å². The molecule has 19 heavy (non-hydrogen) atoms. The number of aliphatic hydroxyl groups excluding tert-OH is 1. The van der Waals surface area contributed by atoms with E-state index in [-0.39, 0.29) is 16.5 Å². The molecule has 0 saturated heterocycles. The van der Waals surface area contributed by atoms with E-state index in [0.717, 1.165) is 12.1 Å². The Labute approximate surface area is 117 Å². The van der Waals surface area contributed by atoms with Gasteiger partial charge in [-0.1, -0.05) is 6.07 Å². The SMILES string of the molecule is CSCC(C)N(C)S(=O)(=O)c1cc(F)ccc1CO. The molecule has 0 heterocycles. The molecule has 1 atom stereocenters. The van der Waals surface area contributed by atoms with Crippen molar-refractivity contribution in [1.82, 2.24) is 4.31 Å². The number of thioether (sulfide) groups is 1. The maximum Gasteiger partial charge on any atom is 0.243 e. The second-order valence-electron chi connectivity index (χ2n) is 4.24. The zero-order chi connectivity index (χ0) is 14.6. The minimum Gasteiger partial charge on any atom is -0.392 e. The number of hydrogen-bond acceptors (Lipinski definition) is 4. The topological polar surface area (TPSA) is 57.6 Å². The van der Waals surface area contributed by atoms with Crippen molar-refractivity contribution < 1.29 is 17.9 Å². The molecule has 0 aliphatic carbocycles. The van der Waals surface area contributed by atoms with Crippen molar-refractivity contribution in [3.05, 3.63) is 29.6 Å². The Balaban J connectivity index is 3.23. The first-order valence-corrected chi connectivity index (χ1v) is 8.54. The van der Waals surface area contributed by atoms with Crippen molar-refractivity contribution in [2.24, 2.45) is 0 Å². The van der Waals surface area contributed by atoms with E-state index in [0.29, 0.717) is 5.75 Å². The lowest BCUT2D eigenvalue weighted by Crippen LogP contribution is -2.37. The van der Waals surface area contributed by atoms with E-state index in [2.05, 4.69) is 0 Å². The summed E-state index contributed by atoms with van der Waals surface area (Å²) in [5.41, 5.74) is 0.199. The van der Waals surface area contributed by atoms with Gasteiger partial charge in [0.25, 0.3) is 0 Å². The van der Waals surface area contributed by atoms with Gasteiger partial charge in [-0.25, -0.2) is 12.8 Å². The van der Waals surface area contributed by atoms with E-state index in [9.17, 15) is 17.9 Å². The number of benzene rings is 1. The number of hydrogen-bond donors (Lipinski definition) is 1. The van der Waals surface area contributed by atoms with Crippen LogP contribution in [-0.2, 0) is 16.6 Å². The van der Waals surface area contributed by atoms with Crippen LogP contribution < -0.4 is 0 Å². The standard InChI is InChI=1S/C12H18FNO3S2/c1-9(8-18-3)14(2)19(16,17)12-6-11(13)5-4-10(12)7-15/h4-6,9,15H,7-8H2,1-3H3. The van der Waals surface area contributed by atoms with Gasteiger partial charge in [-0.2, -0.15) is 16.1 Å². The third-order valence-electron chi connectivity index (χ3n) is 2.89. The Morgan fingerprint density at radius 3 is 2.63 bits per heavy atom. The zero-order valence-corrected chi connectivity index (χ0v) is 12.8. The van der Waals surface area contributed by atoms with Crippen molar-refractivity contribution in [3.8, 4) is 0 Å². The molecule has 0 radical (unpaired) electrons. The highest BCUT2D eigenvalue weighted by atomic mass is 32.2. The molecule has 0 saturated carbocycles. The lowest BCUT2D eigenvalue weighted by Gasteiger charge is -2.24. The molecule has 1 N–H and O–H groups in total. The zero-order valence-electron chi connectivity index (χ0n) is 11.1. The molecule has 0 aromatic heterocycles. The van der Waals surface area contributed by atoms with E-state index >= 15 is 0 Å². The molecule has 1 aromatic rings. The van der Waals surface area contributed by atoms with Gasteiger partial charge in [-0.3, -0.25) is 0 Å². The summed E-state index contributed by atoms with van der Waals surface area (Å²) in [4.78, 5) is -0.176. The monoisotopic (exact) mass is 307 g/mol. The van der Waals surface area contributed by atoms with Crippen LogP contribution in [0.25, 0.3) is 0 Å². The highest BCUT2D eigenvalue weighted by Crippen LogP contribution is 2.23. The summed E-state index contributed by atoms with van der Waals surface area (Å²) in [6.07, 6.45) is 1.89. The summed E-state index contributed by atoms with van der Waals surface area (Å²) in [5, 5.41) is 9.19. The first-order chi connectivity index (χ1) is 8.84. The Bertz CT molecular complexity index is 534. The van der Waals surface area contributed by atoms with Crippen LogP contribution >= 0.6 is 11.8 Å². The molecule has 4 nitrogen and oxygen atoms in total. The van der Waals surface area contributed by atoms with E-state index < -0.39 is 22.4 Å². The minimum atomic E-state index is -3.81. The highest BCUT2D eigenvalue weighted by molar-refractivity contribution is 7.98. The fraction of sp³-hybridized carbons (Fsp3) is 0.500. The molecule has 0 fully saturated rings. The molecule has 108 valence electrons. The molecular formula is C12H18FNO3S2. The van der Waals surface area contributed by atoms with Crippen LogP contribution in [0.3, 0.4) is 0 Å². The molecule has 0 aliphatic rings. The average molecular weight is 307 g/mol. The summed E-state index contributed by atoms with van der Waals surface area (Å²) in [6.45, 7) is 1.34. The molecule has 0 spiro atoms. The van der Waals surface area contributed by atoms with Crippen LogP contribution in [0.15, 0.2) is 23.1 Å². The number of sulfonamides is 1. The summed E-state index contributed by atoms with van der Waals surface area (Å²) >= 11 is 1.53. The summed E-state index contributed by atoms with van der Waals surface area (Å²) in [7, 11) is -2.35. The van der Waals surface area contributed by atoms with Crippen LogP contribution in [0.2, 0.25) is 0 Å². The molecule has 1 unspecified atom stereocenters. The number of halogens is 1. The first kappa shape index (κ1) is 16.4. The Morgan fingerprint density at radius 1 is 1.47 bits per heavy atom. The Morgan fingerprint density at radius 2 is 2.11 bits per heavy atom. The second-order valence-corrected chi connectivity index (χ2v) is 7.11. The van der Waals surface area contributed by atoms with Crippen molar-refractivity contribution in [1.29, 1.82) is 0 Å². The number of aliphatic hydroxyl groups is 1. The van der Waals surface area contributed by atoms with E-state index in [1.54, 1.807) is 6.92 Å². The maximum atomic E-state index is 13.3. The Kier molecular flexibility index (Phi) is 5.79. The molecule has 0 bridgehead atoms. The first-order valence-electron chi connectivity index (χ1n) is 5.70. The van der Waals surface area contributed by atoms with Crippen LogP contribution in [-0.4, -0.2) is 42.9 Å².